The van der Waals surface area contributed by atoms with Gasteiger partial charge in [0.2, 0.25) is 0 Å². The normalized spacial score (nSPS) is 10.0. The van der Waals surface area contributed by atoms with Crippen LogP contribution >= 0.6 is 0 Å². The summed E-state index contributed by atoms with van der Waals surface area (Å²) in [5, 5.41) is 12.4. The van der Waals surface area contributed by atoms with Crippen LogP contribution in [0, 0.1) is 11.3 Å². The Kier molecular flexibility index (Phi) is 4.86. The van der Waals surface area contributed by atoms with Crippen molar-refractivity contribution in [3.63, 3.8) is 0 Å². The first-order chi connectivity index (χ1) is 12.6. The molecule has 0 aliphatic heterocycles. The van der Waals surface area contributed by atoms with Crippen molar-refractivity contribution in [1.82, 2.24) is 0 Å². The predicted octanol–water partition coefficient (Wildman–Crippen LogP) is 4.34. The van der Waals surface area contributed by atoms with Gasteiger partial charge in [0.1, 0.15) is 0 Å². The summed E-state index contributed by atoms with van der Waals surface area (Å²) in [5.41, 5.74) is 10.5. The number of carbonyl (C=O) groups excluding carboxylic acids is 1. The molecule has 3 rings (SSSR count). The SMILES string of the molecule is COC(=O)c1cccc(N)c1Nc1ccc(-c2ccccc2C#N)cc1. The summed E-state index contributed by atoms with van der Waals surface area (Å²) in [5.74, 6) is -0.459. The minimum Gasteiger partial charge on any atom is -0.465 e. The van der Waals surface area contributed by atoms with Crippen LogP contribution in [-0.4, -0.2) is 13.1 Å². The van der Waals surface area contributed by atoms with Gasteiger partial charge in [-0.3, -0.25) is 0 Å². The first kappa shape index (κ1) is 17.1. The molecule has 0 spiro atoms. The molecule has 0 amide bonds. The van der Waals surface area contributed by atoms with Crippen LogP contribution in [0.5, 0.6) is 0 Å². The molecule has 5 nitrogen and oxygen atoms in total. The molecule has 128 valence electrons. The van der Waals surface area contributed by atoms with Gasteiger partial charge < -0.3 is 15.8 Å². The largest absolute Gasteiger partial charge is 0.465 e. The molecule has 3 aromatic carbocycles. The summed E-state index contributed by atoms with van der Waals surface area (Å²) in [7, 11) is 1.33. The van der Waals surface area contributed by atoms with Crippen molar-refractivity contribution in [1.29, 1.82) is 5.26 Å². The maximum absolute atomic E-state index is 11.9. The summed E-state index contributed by atoms with van der Waals surface area (Å²) in [6, 6.07) is 22.3. The second-order valence-corrected chi connectivity index (χ2v) is 5.62. The second-order valence-electron chi connectivity index (χ2n) is 5.62. The molecule has 0 atom stereocenters. The van der Waals surface area contributed by atoms with Crippen LogP contribution in [-0.2, 0) is 4.74 Å². The third kappa shape index (κ3) is 3.35. The Morgan fingerprint density at radius 1 is 1.04 bits per heavy atom. The van der Waals surface area contributed by atoms with Crippen molar-refractivity contribution in [3.8, 4) is 17.2 Å². The number of benzene rings is 3. The molecule has 0 aromatic heterocycles. The van der Waals surface area contributed by atoms with E-state index >= 15 is 0 Å². The van der Waals surface area contributed by atoms with Crippen molar-refractivity contribution in [2.75, 3.05) is 18.2 Å². The number of hydrogen-bond donors (Lipinski definition) is 2. The quantitative estimate of drug-likeness (QED) is 0.543. The zero-order chi connectivity index (χ0) is 18.5. The van der Waals surface area contributed by atoms with Gasteiger partial charge in [-0.2, -0.15) is 5.26 Å². The van der Waals surface area contributed by atoms with E-state index in [2.05, 4.69) is 11.4 Å². The Hall–Kier alpha value is -3.78. The molecule has 0 radical (unpaired) electrons. The zero-order valence-corrected chi connectivity index (χ0v) is 14.2. The van der Waals surface area contributed by atoms with Crippen molar-refractivity contribution in [2.45, 2.75) is 0 Å². The minimum absolute atomic E-state index is 0.367. The highest BCUT2D eigenvalue weighted by Crippen LogP contribution is 2.30. The third-order valence-corrected chi connectivity index (χ3v) is 4.01. The number of para-hydroxylation sites is 1. The van der Waals surface area contributed by atoms with Crippen LogP contribution in [0.4, 0.5) is 17.1 Å². The van der Waals surface area contributed by atoms with Crippen molar-refractivity contribution >= 4 is 23.0 Å². The molecule has 0 saturated heterocycles. The van der Waals surface area contributed by atoms with Crippen LogP contribution in [0.2, 0.25) is 0 Å². The highest BCUT2D eigenvalue weighted by molar-refractivity contribution is 5.99. The predicted molar refractivity (Wildman–Crippen MR) is 102 cm³/mol. The molecule has 0 heterocycles. The van der Waals surface area contributed by atoms with E-state index in [1.165, 1.54) is 7.11 Å². The number of nitrogens with two attached hydrogens (primary N) is 1. The topological polar surface area (TPSA) is 88.1 Å². The van der Waals surface area contributed by atoms with Gasteiger partial charge in [0.05, 0.1) is 35.7 Å². The van der Waals surface area contributed by atoms with Crippen LogP contribution < -0.4 is 11.1 Å². The van der Waals surface area contributed by atoms with Gasteiger partial charge in [-0.25, -0.2) is 4.79 Å². The lowest BCUT2D eigenvalue weighted by Gasteiger charge is -2.14. The number of rotatable bonds is 4. The van der Waals surface area contributed by atoms with Crippen LogP contribution in [0.3, 0.4) is 0 Å². The number of anilines is 3. The highest BCUT2D eigenvalue weighted by Gasteiger charge is 2.14. The lowest BCUT2D eigenvalue weighted by atomic mass is 10.0. The van der Waals surface area contributed by atoms with Gasteiger partial charge in [-0.05, 0) is 41.5 Å². The summed E-state index contributed by atoms with van der Waals surface area (Å²) >= 11 is 0. The van der Waals surface area contributed by atoms with E-state index in [0.29, 0.717) is 22.5 Å². The van der Waals surface area contributed by atoms with Crippen LogP contribution in [0.1, 0.15) is 15.9 Å². The van der Waals surface area contributed by atoms with Crippen molar-refractivity contribution < 1.29 is 9.53 Å². The maximum Gasteiger partial charge on any atom is 0.340 e. The summed E-state index contributed by atoms with van der Waals surface area (Å²) in [6.07, 6.45) is 0. The Balaban J connectivity index is 1.92. The fourth-order valence-corrected chi connectivity index (χ4v) is 2.70. The number of esters is 1. The zero-order valence-electron chi connectivity index (χ0n) is 14.2. The lowest BCUT2D eigenvalue weighted by Crippen LogP contribution is -2.07. The number of nitrogens with zero attached hydrogens (tertiary/aromatic N) is 1. The average molecular weight is 343 g/mol. The van der Waals surface area contributed by atoms with E-state index in [-0.39, 0.29) is 0 Å². The van der Waals surface area contributed by atoms with Gasteiger partial charge in [0.15, 0.2) is 0 Å². The number of nitrogens with one attached hydrogen (secondary N) is 1. The number of methoxy groups -OCH3 is 1. The first-order valence-electron chi connectivity index (χ1n) is 7.97. The standard InChI is InChI=1S/C21H17N3O2/c1-26-21(25)18-7-4-8-19(23)20(18)24-16-11-9-14(10-12-16)17-6-3-2-5-15(17)13-22/h2-12,24H,23H2,1H3. The monoisotopic (exact) mass is 343 g/mol. The summed E-state index contributed by atoms with van der Waals surface area (Å²) in [6.45, 7) is 0. The van der Waals surface area contributed by atoms with Gasteiger partial charge in [0.25, 0.3) is 0 Å². The Labute approximate surface area is 151 Å². The van der Waals surface area contributed by atoms with Crippen molar-refractivity contribution in [2.24, 2.45) is 0 Å². The van der Waals surface area contributed by atoms with Gasteiger partial charge in [0, 0.05) is 5.69 Å². The molecular weight excluding hydrogens is 326 g/mol. The van der Waals surface area contributed by atoms with Gasteiger partial charge in [-0.1, -0.05) is 36.4 Å². The fourth-order valence-electron chi connectivity index (χ4n) is 2.70. The van der Waals surface area contributed by atoms with E-state index in [4.69, 9.17) is 10.5 Å². The molecular formula is C21H17N3O2. The number of nitriles is 1. The van der Waals surface area contributed by atoms with E-state index in [0.717, 1.165) is 16.8 Å². The van der Waals surface area contributed by atoms with Crippen LogP contribution in [0.25, 0.3) is 11.1 Å². The minimum atomic E-state index is -0.459. The maximum atomic E-state index is 11.9. The van der Waals surface area contributed by atoms with E-state index in [1.807, 2.05) is 42.5 Å². The number of nitrogen functional groups attached to an aromatic ring is 1. The molecule has 0 aliphatic rings. The lowest BCUT2D eigenvalue weighted by molar-refractivity contribution is 0.0602. The molecule has 3 aromatic rings. The highest BCUT2D eigenvalue weighted by atomic mass is 16.5. The molecule has 5 heteroatoms. The number of ether oxygens (including phenoxy) is 1. The Bertz CT molecular complexity index is 989. The Morgan fingerprint density at radius 2 is 1.77 bits per heavy atom. The smallest absolute Gasteiger partial charge is 0.340 e. The molecule has 0 fully saturated rings. The molecule has 26 heavy (non-hydrogen) atoms. The average Bonchev–Trinajstić information content (AvgIpc) is 2.69. The van der Waals surface area contributed by atoms with E-state index in [9.17, 15) is 10.1 Å². The second kappa shape index (κ2) is 7.41. The molecule has 0 unspecified atom stereocenters. The van der Waals surface area contributed by atoms with Crippen LogP contribution in [0.15, 0.2) is 66.7 Å². The molecule has 0 bridgehead atoms. The summed E-state index contributed by atoms with van der Waals surface area (Å²) < 4.78 is 4.81. The summed E-state index contributed by atoms with van der Waals surface area (Å²) in [4.78, 5) is 11.9. The first-order valence-corrected chi connectivity index (χ1v) is 7.97. The molecule has 0 aliphatic carbocycles. The number of carbonyl (C=O) groups is 1. The van der Waals surface area contributed by atoms with Gasteiger partial charge in [-0.15, -0.1) is 0 Å². The van der Waals surface area contributed by atoms with E-state index < -0.39 is 5.97 Å². The van der Waals surface area contributed by atoms with E-state index in [1.54, 1.807) is 24.3 Å². The molecule has 0 saturated carbocycles. The third-order valence-electron chi connectivity index (χ3n) is 4.01. The fraction of sp³-hybridized carbons (Fsp3) is 0.0476. The number of hydrogen-bond acceptors (Lipinski definition) is 5. The molecule has 3 N–H and O–H groups in total. The Morgan fingerprint density at radius 3 is 2.46 bits per heavy atom. The van der Waals surface area contributed by atoms with Crippen molar-refractivity contribution in [3.05, 3.63) is 77.9 Å². The van der Waals surface area contributed by atoms with Gasteiger partial charge >= 0.3 is 5.97 Å².